The van der Waals surface area contributed by atoms with Gasteiger partial charge in [0.25, 0.3) is 0 Å². The fourth-order valence-corrected chi connectivity index (χ4v) is 1.66. The Kier molecular flexibility index (Phi) is 2.97. The van der Waals surface area contributed by atoms with Gasteiger partial charge in [0, 0.05) is 13.0 Å². The van der Waals surface area contributed by atoms with Crippen LogP contribution in [0.2, 0.25) is 0 Å². The number of ether oxygens (including phenoxy) is 1. The summed E-state index contributed by atoms with van der Waals surface area (Å²) in [6, 6.07) is 0. The molecular formula is C11H13NO3. The molecule has 1 fully saturated rings. The Bertz CT molecular complexity index is 338. The van der Waals surface area contributed by atoms with Crippen molar-refractivity contribution in [3.05, 3.63) is 24.0 Å². The lowest BCUT2D eigenvalue weighted by Crippen LogP contribution is -2.22. The Labute approximate surface area is 88.0 Å². The van der Waals surface area contributed by atoms with Crippen LogP contribution >= 0.6 is 0 Å². The molecule has 2 rings (SSSR count). The number of carbonyl (C=O) groups excluding carboxylic acids is 2. The Balaban J connectivity index is 1.95. The van der Waals surface area contributed by atoms with Gasteiger partial charge in [0.1, 0.15) is 0 Å². The molecule has 0 spiro atoms. The Hall–Kier alpha value is -1.42. The Morgan fingerprint density at radius 2 is 2.40 bits per heavy atom. The molecular weight excluding hydrogens is 194 g/mol. The Morgan fingerprint density at radius 3 is 3.07 bits per heavy atom. The minimum absolute atomic E-state index is 0.107. The van der Waals surface area contributed by atoms with Crippen molar-refractivity contribution in [1.82, 2.24) is 5.32 Å². The summed E-state index contributed by atoms with van der Waals surface area (Å²) in [5.41, 5.74) is 0. The van der Waals surface area contributed by atoms with Crippen molar-refractivity contribution >= 4 is 11.8 Å². The normalized spacial score (nSPS) is 25.2. The summed E-state index contributed by atoms with van der Waals surface area (Å²) in [6.07, 6.45) is 6.14. The van der Waals surface area contributed by atoms with Crippen LogP contribution in [0.25, 0.3) is 0 Å². The van der Waals surface area contributed by atoms with E-state index in [1.807, 2.05) is 0 Å². The summed E-state index contributed by atoms with van der Waals surface area (Å²) in [4.78, 5) is 22.9. The third-order valence-electron chi connectivity index (χ3n) is 2.57. The van der Waals surface area contributed by atoms with Crippen molar-refractivity contribution in [2.45, 2.75) is 12.8 Å². The smallest absolute Gasteiger partial charge is 0.315 e. The minimum atomic E-state index is -0.296. The predicted molar refractivity (Wildman–Crippen MR) is 53.9 cm³/mol. The second-order valence-electron chi connectivity index (χ2n) is 3.70. The van der Waals surface area contributed by atoms with E-state index in [0.29, 0.717) is 13.0 Å². The number of esters is 1. The van der Waals surface area contributed by atoms with Crippen molar-refractivity contribution < 1.29 is 14.3 Å². The molecule has 0 aromatic rings. The van der Waals surface area contributed by atoms with Crippen LogP contribution in [0.5, 0.6) is 0 Å². The van der Waals surface area contributed by atoms with E-state index in [-0.39, 0.29) is 23.4 Å². The number of hydrogen-bond donors (Lipinski definition) is 1. The molecule has 15 heavy (non-hydrogen) atoms. The van der Waals surface area contributed by atoms with Crippen LogP contribution in [0.15, 0.2) is 24.0 Å². The molecule has 1 saturated heterocycles. The monoisotopic (exact) mass is 207 g/mol. The second-order valence-corrected chi connectivity index (χ2v) is 3.70. The highest BCUT2D eigenvalue weighted by molar-refractivity contribution is 5.98. The SMILES string of the molecule is O=C1CC=CC=C1OC(=O)C1CCNC1. The van der Waals surface area contributed by atoms with Gasteiger partial charge in [-0.3, -0.25) is 9.59 Å². The number of nitrogens with one attached hydrogen (secondary N) is 1. The van der Waals surface area contributed by atoms with Gasteiger partial charge in [-0.1, -0.05) is 12.2 Å². The molecule has 1 aliphatic carbocycles. The summed E-state index contributed by atoms with van der Waals surface area (Å²) in [6.45, 7) is 1.49. The van der Waals surface area contributed by atoms with E-state index in [1.54, 1.807) is 18.2 Å². The van der Waals surface area contributed by atoms with E-state index in [0.717, 1.165) is 13.0 Å². The van der Waals surface area contributed by atoms with Gasteiger partial charge in [-0.15, -0.1) is 0 Å². The van der Waals surface area contributed by atoms with E-state index in [9.17, 15) is 9.59 Å². The average molecular weight is 207 g/mol. The minimum Gasteiger partial charge on any atom is -0.422 e. The summed E-state index contributed by atoms with van der Waals surface area (Å²) < 4.78 is 5.07. The van der Waals surface area contributed by atoms with Crippen molar-refractivity contribution in [1.29, 1.82) is 0 Å². The molecule has 0 amide bonds. The number of allylic oxidation sites excluding steroid dienone is 4. The largest absolute Gasteiger partial charge is 0.422 e. The van der Waals surface area contributed by atoms with Gasteiger partial charge < -0.3 is 10.1 Å². The summed E-state index contributed by atoms with van der Waals surface area (Å²) >= 11 is 0. The van der Waals surface area contributed by atoms with Crippen molar-refractivity contribution in [2.75, 3.05) is 13.1 Å². The molecule has 1 N–H and O–H groups in total. The fraction of sp³-hybridized carbons (Fsp3) is 0.455. The van der Waals surface area contributed by atoms with Crippen LogP contribution in [0, 0.1) is 5.92 Å². The molecule has 0 aromatic heterocycles. The first kappa shape index (κ1) is 10.1. The average Bonchev–Trinajstić information content (AvgIpc) is 2.74. The van der Waals surface area contributed by atoms with Gasteiger partial charge in [0.05, 0.1) is 5.92 Å². The maximum Gasteiger partial charge on any atom is 0.315 e. The topological polar surface area (TPSA) is 55.4 Å². The van der Waals surface area contributed by atoms with E-state index in [2.05, 4.69) is 5.32 Å². The first-order valence-electron chi connectivity index (χ1n) is 5.10. The van der Waals surface area contributed by atoms with E-state index >= 15 is 0 Å². The molecule has 80 valence electrons. The van der Waals surface area contributed by atoms with Gasteiger partial charge in [-0.2, -0.15) is 0 Å². The number of carbonyl (C=O) groups is 2. The third kappa shape index (κ3) is 2.33. The quantitative estimate of drug-likeness (QED) is 0.672. The molecule has 2 aliphatic rings. The zero-order valence-corrected chi connectivity index (χ0v) is 8.36. The van der Waals surface area contributed by atoms with E-state index < -0.39 is 0 Å². The summed E-state index contributed by atoms with van der Waals surface area (Å²) in [5, 5.41) is 3.08. The molecule has 4 heteroatoms. The number of rotatable bonds is 2. The molecule has 0 bridgehead atoms. The highest BCUT2D eigenvalue weighted by Gasteiger charge is 2.26. The number of hydrogen-bond acceptors (Lipinski definition) is 4. The van der Waals surface area contributed by atoms with Crippen LogP contribution in [0.4, 0.5) is 0 Å². The maximum absolute atomic E-state index is 11.6. The first-order valence-corrected chi connectivity index (χ1v) is 5.10. The maximum atomic E-state index is 11.6. The number of Topliss-reactive ketones (excluding diaryl/α,β-unsaturated/α-hetero) is 1. The van der Waals surface area contributed by atoms with Gasteiger partial charge in [-0.05, 0) is 19.0 Å². The van der Waals surface area contributed by atoms with Crippen molar-refractivity contribution in [3.8, 4) is 0 Å². The van der Waals surface area contributed by atoms with Crippen LogP contribution in [-0.4, -0.2) is 24.8 Å². The van der Waals surface area contributed by atoms with Crippen molar-refractivity contribution in [2.24, 2.45) is 5.92 Å². The van der Waals surface area contributed by atoms with Gasteiger partial charge in [-0.25, -0.2) is 0 Å². The van der Waals surface area contributed by atoms with E-state index in [4.69, 9.17) is 4.74 Å². The zero-order chi connectivity index (χ0) is 10.7. The highest BCUT2D eigenvalue weighted by atomic mass is 16.5. The van der Waals surface area contributed by atoms with E-state index in [1.165, 1.54) is 0 Å². The van der Waals surface area contributed by atoms with Gasteiger partial charge in [0.15, 0.2) is 5.76 Å². The highest BCUT2D eigenvalue weighted by Crippen LogP contribution is 2.15. The van der Waals surface area contributed by atoms with Crippen LogP contribution in [-0.2, 0) is 14.3 Å². The van der Waals surface area contributed by atoms with Crippen molar-refractivity contribution in [3.63, 3.8) is 0 Å². The van der Waals surface area contributed by atoms with Gasteiger partial charge >= 0.3 is 5.97 Å². The third-order valence-corrected chi connectivity index (χ3v) is 2.57. The zero-order valence-electron chi connectivity index (χ0n) is 8.36. The molecule has 0 aromatic carbocycles. The molecule has 4 nitrogen and oxygen atoms in total. The lowest BCUT2D eigenvalue weighted by atomic mass is 10.1. The Morgan fingerprint density at radius 1 is 1.53 bits per heavy atom. The molecule has 0 radical (unpaired) electrons. The molecule has 1 aliphatic heterocycles. The first-order chi connectivity index (χ1) is 7.27. The van der Waals surface area contributed by atoms with Gasteiger partial charge in [0.2, 0.25) is 5.78 Å². The lowest BCUT2D eigenvalue weighted by Gasteiger charge is -2.11. The predicted octanol–water partition coefficient (Wildman–Crippen LogP) is 0.552. The lowest BCUT2D eigenvalue weighted by molar-refractivity contribution is -0.146. The second kappa shape index (κ2) is 4.40. The summed E-state index contributed by atoms with van der Waals surface area (Å²) in [7, 11) is 0. The fourth-order valence-electron chi connectivity index (χ4n) is 1.66. The molecule has 1 atom stereocenters. The molecule has 1 unspecified atom stereocenters. The van der Waals surface area contributed by atoms with Crippen LogP contribution in [0.1, 0.15) is 12.8 Å². The molecule has 1 heterocycles. The number of ketones is 1. The summed E-state index contributed by atoms with van der Waals surface area (Å²) in [5.74, 6) is -0.356. The van der Waals surface area contributed by atoms with Crippen LogP contribution < -0.4 is 5.32 Å². The molecule has 0 saturated carbocycles. The standard InChI is InChI=1S/C11H13NO3/c13-9-3-1-2-4-10(9)15-11(14)8-5-6-12-7-8/h1-2,4,8,12H,3,5-7H2. The van der Waals surface area contributed by atoms with Crippen LogP contribution in [0.3, 0.4) is 0 Å².